The lowest BCUT2D eigenvalue weighted by Gasteiger charge is -2.50. The first-order chi connectivity index (χ1) is 27.1. The Morgan fingerprint density at radius 1 is 0.737 bits per heavy atom. The van der Waals surface area contributed by atoms with E-state index in [1.807, 2.05) is 30.3 Å². The molecule has 8 rings (SSSR count). The number of nitrogens with zero attached hydrogens (tertiary/aromatic N) is 2. The zero-order chi connectivity index (χ0) is 40.9. The molecule has 0 aromatic heterocycles. The molecule has 0 radical (unpaired) electrons. The molecule has 0 bridgehead atoms. The van der Waals surface area contributed by atoms with E-state index in [9.17, 15) is 37.5 Å². The zero-order valence-electron chi connectivity index (χ0n) is 29.6. The van der Waals surface area contributed by atoms with Gasteiger partial charge in [-0.2, -0.15) is 0 Å². The molecule has 6 atom stereocenters. The van der Waals surface area contributed by atoms with Crippen molar-refractivity contribution >= 4 is 69.6 Å². The minimum absolute atomic E-state index is 0.00790. The van der Waals surface area contributed by atoms with Crippen LogP contribution in [0.4, 0.5) is 44.7 Å². The quantitative estimate of drug-likeness (QED) is 0.0487. The first kappa shape index (κ1) is 38.2. The van der Waals surface area contributed by atoms with Gasteiger partial charge in [0.15, 0.2) is 44.5 Å². The Morgan fingerprint density at radius 2 is 1.30 bits per heavy atom. The fraction of sp³-hybridized carbons (Fsp3) is 0.250. The maximum Gasteiger partial charge on any atom is 0.258 e. The lowest BCUT2D eigenvalue weighted by atomic mass is 9.56. The van der Waals surface area contributed by atoms with Gasteiger partial charge in [-0.25, -0.2) is 26.9 Å². The lowest BCUT2D eigenvalue weighted by Crippen LogP contribution is -2.60. The molecule has 2 aliphatic carbocycles. The highest BCUT2D eigenvalue weighted by Crippen LogP contribution is 2.66. The van der Waals surface area contributed by atoms with Gasteiger partial charge in [0.1, 0.15) is 5.69 Å². The summed E-state index contributed by atoms with van der Waals surface area (Å²) in [5.41, 5.74) is -0.00577. The number of allylic oxidation sites excluding steroid dienone is 2. The van der Waals surface area contributed by atoms with Crippen molar-refractivity contribution in [3.63, 3.8) is 0 Å². The monoisotopic (exact) mass is 827 g/mol. The molecule has 4 aliphatic rings. The Morgan fingerprint density at radius 3 is 1.88 bits per heavy atom. The Hall–Kier alpha value is -5.67. The van der Waals surface area contributed by atoms with E-state index in [2.05, 4.69) is 5.32 Å². The van der Waals surface area contributed by atoms with E-state index in [1.54, 1.807) is 30.3 Å². The Balaban J connectivity index is 1.26. The molecule has 2 saturated heterocycles. The van der Waals surface area contributed by atoms with Crippen molar-refractivity contribution in [3.05, 3.63) is 113 Å². The van der Waals surface area contributed by atoms with E-state index >= 15 is 8.78 Å². The van der Waals surface area contributed by atoms with Crippen LogP contribution in [0.25, 0.3) is 0 Å². The molecular formula is C40H28Cl2F5N3O7. The number of ether oxygens (including phenoxy) is 2. The highest BCUT2D eigenvalue weighted by molar-refractivity contribution is 6.58. The molecule has 10 nitrogen and oxygen atoms in total. The van der Waals surface area contributed by atoms with Gasteiger partial charge in [-0.15, -0.1) is 23.2 Å². The number of fused-ring (bicyclic) bond motifs is 4. The zero-order valence-corrected chi connectivity index (χ0v) is 31.1. The van der Waals surface area contributed by atoms with Crippen molar-refractivity contribution in [3.8, 4) is 17.2 Å². The molecule has 57 heavy (non-hydrogen) atoms. The lowest BCUT2D eigenvalue weighted by molar-refractivity contribution is -0.125. The van der Waals surface area contributed by atoms with Crippen LogP contribution in [0.2, 0.25) is 0 Å². The van der Waals surface area contributed by atoms with Crippen molar-refractivity contribution in [2.75, 3.05) is 29.3 Å². The number of methoxy groups -OCH3 is 2. The molecular weight excluding hydrogens is 800 g/mol. The van der Waals surface area contributed by atoms with Crippen molar-refractivity contribution in [1.82, 2.24) is 0 Å². The predicted octanol–water partition coefficient (Wildman–Crippen LogP) is 7.62. The summed E-state index contributed by atoms with van der Waals surface area (Å²) in [4.78, 5) is 52.9. The number of halogens is 7. The standard InChI is InChI=1S/C40H28Cl2F5N3O7/c1-56-24-14-17(15-25(57-2)34(24)51)27-21-12-13-22-26(36(53)49(35(22)52)20-10-8-19(9-11-20)48-18-6-4-3-5-7-18)23(21)16-39(41)37(54)50(38(55)40(27,39)42)33-31(46)29(44)28(43)30(45)32(33)47/h3-12,14-15,22-23,26-27,48,51H,13,16H2,1-2H3/t22-,23+,26-,27-,39+,40-/m0/s1. The number of alkyl halides is 2. The number of benzene rings is 4. The third kappa shape index (κ3) is 5.27. The van der Waals surface area contributed by atoms with Crippen LogP contribution in [0.3, 0.4) is 0 Å². The molecule has 17 heteroatoms. The van der Waals surface area contributed by atoms with Crippen LogP contribution in [0.1, 0.15) is 24.3 Å². The molecule has 2 heterocycles. The number of amides is 4. The van der Waals surface area contributed by atoms with Crippen molar-refractivity contribution in [2.45, 2.75) is 28.5 Å². The van der Waals surface area contributed by atoms with Gasteiger partial charge in [0.2, 0.25) is 23.4 Å². The number of hydrogen-bond acceptors (Lipinski definition) is 8. The average Bonchev–Trinajstić information content (AvgIpc) is 3.55. The molecule has 2 aliphatic heterocycles. The topological polar surface area (TPSA) is 125 Å². The smallest absolute Gasteiger partial charge is 0.258 e. The number of phenolic OH excluding ortho intramolecular Hbond substituents is 1. The Kier molecular flexibility index (Phi) is 9.04. The van der Waals surface area contributed by atoms with Gasteiger partial charge in [0, 0.05) is 17.3 Å². The van der Waals surface area contributed by atoms with Gasteiger partial charge in [-0.3, -0.25) is 24.1 Å². The SMILES string of the molecule is COc1cc([C@H]2C3=CC[C@@H]4C(=O)N(c5ccc(Nc6ccccc6)cc5)C(=O)[C@@H]4[C@@H]3C[C@@]3(Cl)C(=O)N(c4c(F)c(F)c(F)c(F)c4F)C(=O)[C@@]23Cl)cc(OC)c1O. The van der Waals surface area contributed by atoms with Gasteiger partial charge in [-0.1, -0.05) is 29.8 Å². The number of nitrogens with one attached hydrogen (secondary N) is 1. The number of hydrogen-bond donors (Lipinski definition) is 2. The molecule has 2 N–H and O–H groups in total. The third-order valence-corrected chi connectivity index (χ3v) is 12.7. The van der Waals surface area contributed by atoms with Crippen LogP contribution < -0.4 is 24.6 Å². The highest BCUT2D eigenvalue weighted by atomic mass is 35.5. The maximum absolute atomic E-state index is 15.4. The fourth-order valence-electron chi connectivity index (χ4n) is 8.66. The number of imide groups is 2. The summed E-state index contributed by atoms with van der Waals surface area (Å²) in [5.74, 6) is -22.8. The van der Waals surface area contributed by atoms with E-state index in [0.717, 1.165) is 10.6 Å². The van der Waals surface area contributed by atoms with Gasteiger partial charge >= 0.3 is 0 Å². The van der Waals surface area contributed by atoms with E-state index in [-0.39, 0.29) is 39.6 Å². The first-order valence-electron chi connectivity index (χ1n) is 17.3. The summed E-state index contributed by atoms with van der Waals surface area (Å²) in [6.07, 6.45) is 0.806. The van der Waals surface area contributed by atoms with E-state index in [1.165, 1.54) is 26.4 Å². The summed E-state index contributed by atoms with van der Waals surface area (Å²) in [6, 6.07) is 18.2. The second-order valence-electron chi connectivity index (χ2n) is 14.0. The highest BCUT2D eigenvalue weighted by Gasteiger charge is 2.77. The first-order valence-corrected chi connectivity index (χ1v) is 18.1. The van der Waals surface area contributed by atoms with Crippen LogP contribution in [0, 0.1) is 46.8 Å². The van der Waals surface area contributed by atoms with Crippen molar-refractivity contribution < 1.29 is 55.7 Å². The summed E-state index contributed by atoms with van der Waals surface area (Å²) in [6.45, 7) is 0. The van der Waals surface area contributed by atoms with Crippen LogP contribution in [0.15, 0.2) is 78.4 Å². The predicted molar refractivity (Wildman–Crippen MR) is 196 cm³/mol. The van der Waals surface area contributed by atoms with Crippen molar-refractivity contribution in [1.29, 1.82) is 0 Å². The molecule has 4 aromatic rings. The summed E-state index contributed by atoms with van der Waals surface area (Å²) in [5, 5.41) is 14.0. The maximum atomic E-state index is 15.4. The van der Waals surface area contributed by atoms with Crippen LogP contribution in [0.5, 0.6) is 17.2 Å². The van der Waals surface area contributed by atoms with Crippen LogP contribution in [-0.2, 0) is 19.2 Å². The Labute approximate surface area is 330 Å². The third-order valence-electron chi connectivity index (χ3n) is 11.2. The van der Waals surface area contributed by atoms with E-state index in [0.29, 0.717) is 5.69 Å². The molecule has 3 fully saturated rings. The number of aromatic hydroxyl groups is 1. The average molecular weight is 829 g/mol. The molecule has 0 unspecified atom stereocenters. The number of carbonyl (C=O) groups excluding carboxylic acids is 4. The normalized spacial score (nSPS) is 26.6. The fourth-order valence-corrected chi connectivity index (χ4v) is 9.59. The second kappa shape index (κ2) is 13.5. The number of para-hydroxylation sites is 1. The van der Waals surface area contributed by atoms with E-state index < -0.39 is 104 Å². The Bertz CT molecular complexity index is 2400. The summed E-state index contributed by atoms with van der Waals surface area (Å²) < 4.78 is 84.7. The second-order valence-corrected chi connectivity index (χ2v) is 15.3. The van der Waals surface area contributed by atoms with E-state index in [4.69, 9.17) is 32.7 Å². The largest absolute Gasteiger partial charge is 0.502 e. The van der Waals surface area contributed by atoms with Gasteiger partial charge in [0.05, 0.1) is 31.7 Å². The van der Waals surface area contributed by atoms with Crippen LogP contribution in [-0.4, -0.2) is 52.7 Å². The van der Waals surface area contributed by atoms with Gasteiger partial charge in [-0.05, 0) is 72.9 Å². The number of carbonyl (C=O) groups is 4. The molecule has 4 aromatic carbocycles. The summed E-state index contributed by atoms with van der Waals surface area (Å²) in [7, 11) is 2.40. The van der Waals surface area contributed by atoms with Gasteiger partial charge in [0.25, 0.3) is 11.8 Å². The number of anilines is 4. The molecule has 294 valence electrons. The minimum atomic E-state index is -2.78. The number of rotatable bonds is 7. The molecule has 0 spiro atoms. The summed E-state index contributed by atoms with van der Waals surface area (Å²) >= 11 is 14.4. The molecule has 1 saturated carbocycles. The minimum Gasteiger partial charge on any atom is -0.502 e. The van der Waals surface area contributed by atoms with Crippen LogP contribution >= 0.6 is 23.2 Å². The van der Waals surface area contributed by atoms with Crippen molar-refractivity contribution in [2.24, 2.45) is 17.8 Å². The van der Waals surface area contributed by atoms with Gasteiger partial charge < -0.3 is 19.9 Å². The molecule has 4 amide bonds. The number of phenols is 1.